The van der Waals surface area contributed by atoms with E-state index < -0.39 is 71.9 Å². The molecule has 9 atom stereocenters. The number of benzene rings is 1. The molecule has 0 radical (unpaired) electrons. The topological polar surface area (TPSA) is 198 Å². The van der Waals surface area contributed by atoms with Gasteiger partial charge in [-0.1, -0.05) is 85.2 Å². The van der Waals surface area contributed by atoms with Crippen molar-refractivity contribution in [2.75, 3.05) is 47.3 Å². The average Bonchev–Trinajstić information content (AvgIpc) is 3.76. The van der Waals surface area contributed by atoms with Crippen LogP contribution in [0.25, 0.3) is 0 Å². The molecule has 68 heavy (non-hydrogen) atoms. The summed E-state index contributed by atoms with van der Waals surface area (Å²) in [5, 5.41) is 8.62. The van der Waals surface area contributed by atoms with E-state index in [0.717, 1.165) is 11.1 Å². The Bertz CT molecular complexity index is 1960. The number of hydrogen-bond acceptors (Lipinski definition) is 12. The predicted octanol–water partition coefficient (Wildman–Crippen LogP) is 5.85. The monoisotopic (exact) mass is 952 g/mol. The van der Waals surface area contributed by atoms with E-state index in [1.807, 2.05) is 89.9 Å². The van der Waals surface area contributed by atoms with Crippen molar-refractivity contribution in [3.8, 4) is 0 Å². The van der Waals surface area contributed by atoms with Gasteiger partial charge in [0.2, 0.25) is 23.6 Å². The Hall–Kier alpha value is -5.13. The fourth-order valence-electron chi connectivity index (χ4n) is 9.21. The SMILES string of the molecule is CC[C@H](C)[C@@H]([C@@H](CC(=O)N1CCC[C@H]1[C@H](OC)[C@@H](C)C(=O)N[C@@H](Cc1ccccc1)C(=O)OC)OC)N(C)C(=O)[C@@H](NC(=O)[C@H](C(C)C)N(C)Cc1ccnc(NC(=O)OC(C)(C)C)c1)C(C)C. The highest BCUT2D eigenvalue weighted by atomic mass is 16.6. The number of esters is 1. The fraction of sp³-hybridized carbons (Fsp3) is 0.667. The van der Waals surface area contributed by atoms with Crippen LogP contribution in [0.15, 0.2) is 48.7 Å². The number of amides is 5. The number of nitrogens with zero attached hydrogens (tertiary/aromatic N) is 4. The van der Waals surface area contributed by atoms with Crippen molar-refractivity contribution in [1.82, 2.24) is 30.3 Å². The largest absolute Gasteiger partial charge is 0.467 e. The van der Waals surface area contributed by atoms with Crippen LogP contribution in [0.2, 0.25) is 0 Å². The highest BCUT2D eigenvalue weighted by Crippen LogP contribution is 2.30. The maximum atomic E-state index is 14.7. The predicted molar refractivity (Wildman–Crippen MR) is 261 cm³/mol. The lowest BCUT2D eigenvalue weighted by Crippen LogP contribution is -2.60. The highest BCUT2D eigenvalue weighted by Gasteiger charge is 2.44. The molecule has 17 heteroatoms. The van der Waals surface area contributed by atoms with Crippen molar-refractivity contribution in [3.05, 3.63) is 59.8 Å². The minimum absolute atomic E-state index is 0.0406. The summed E-state index contributed by atoms with van der Waals surface area (Å²) in [5.41, 5.74) is 0.990. The Kier molecular flexibility index (Phi) is 22.4. The first-order valence-corrected chi connectivity index (χ1v) is 24.0. The molecule has 3 rings (SSSR count). The number of anilines is 1. The highest BCUT2D eigenvalue weighted by molar-refractivity contribution is 5.90. The van der Waals surface area contributed by atoms with Crippen LogP contribution in [-0.2, 0) is 55.9 Å². The van der Waals surface area contributed by atoms with Gasteiger partial charge in [-0.15, -0.1) is 0 Å². The maximum absolute atomic E-state index is 14.7. The van der Waals surface area contributed by atoms with Crippen molar-refractivity contribution in [2.24, 2.45) is 23.7 Å². The van der Waals surface area contributed by atoms with Gasteiger partial charge in [0.05, 0.1) is 49.8 Å². The molecule has 2 heterocycles. The van der Waals surface area contributed by atoms with Gasteiger partial charge in [-0.05, 0) is 81.7 Å². The molecule has 0 bridgehead atoms. The molecule has 380 valence electrons. The molecule has 1 aromatic carbocycles. The van der Waals surface area contributed by atoms with Crippen LogP contribution >= 0.6 is 0 Å². The van der Waals surface area contributed by atoms with Gasteiger partial charge in [0, 0.05) is 47.0 Å². The molecule has 2 aromatic rings. The molecule has 0 spiro atoms. The van der Waals surface area contributed by atoms with E-state index in [4.69, 9.17) is 18.9 Å². The van der Waals surface area contributed by atoms with E-state index in [1.54, 1.807) is 56.8 Å². The summed E-state index contributed by atoms with van der Waals surface area (Å²) < 4.78 is 22.4. The summed E-state index contributed by atoms with van der Waals surface area (Å²) in [6.45, 7) is 19.6. The number of carbonyl (C=O) groups excluding carboxylic acids is 6. The molecular weight excluding hydrogens is 871 g/mol. The van der Waals surface area contributed by atoms with Crippen molar-refractivity contribution in [2.45, 2.75) is 156 Å². The lowest BCUT2D eigenvalue weighted by atomic mass is 9.89. The van der Waals surface area contributed by atoms with E-state index in [-0.39, 0.29) is 48.3 Å². The molecule has 1 aliphatic rings. The quantitative estimate of drug-likeness (QED) is 0.106. The number of carbonyl (C=O) groups is 6. The Morgan fingerprint density at radius 2 is 1.53 bits per heavy atom. The number of hydrogen-bond donors (Lipinski definition) is 3. The second-order valence-electron chi connectivity index (χ2n) is 19.9. The van der Waals surface area contributed by atoms with Crippen LogP contribution < -0.4 is 16.0 Å². The van der Waals surface area contributed by atoms with Crippen LogP contribution in [0, 0.1) is 23.7 Å². The van der Waals surface area contributed by atoms with Crippen LogP contribution in [0.1, 0.15) is 106 Å². The number of nitrogens with one attached hydrogen (secondary N) is 3. The number of likely N-dealkylation sites (N-methyl/N-ethyl adjacent to an activating group) is 2. The zero-order chi connectivity index (χ0) is 51.0. The first-order chi connectivity index (χ1) is 32.0. The van der Waals surface area contributed by atoms with Gasteiger partial charge in [0.1, 0.15) is 23.5 Å². The van der Waals surface area contributed by atoms with Gasteiger partial charge in [-0.3, -0.25) is 29.4 Å². The summed E-state index contributed by atoms with van der Waals surface area (Å²) in [5.74, 6) is -2.71. The molecular formula is C51H81N7O10. The van der Waals surface area contributed by atoms with E-state index in [2.05, 4.69) is 20.9 Å². The molecule has 1 fully saturated rings. The fourth-order valence-corrected chi connectivity index (χ4v) is 9.21. The Morgan fingerprint density at radius 3 is 2.09 bits per heavy atom. The molecule has 0 unspecified atom stereocenters. The van der Waals surface area contributed by atoms with Crippen LogP contribution in [0.5, 0.6) is 0 Å². The Balaban J connectivity index is 1.78. The van der Waals surface area contributed by atoms with Gasteiger partial charge in [-0.2, -0.15) is 0 Å². The number of methoxy groups -OCH3 is 3. The number of likely N-dealkylation sites (tertiary alicyclic amines) is 1. The smallest absolute Gasteiger partial charge is 0.413 e. The number of ether oxygens (including phenoxy) is 4. The molecule has 17 nitrogen and oxygen atoms in total. The van der Waals surface area contributed by atoms with Crippen LogP contribution in [-0.4, -0.2) is 145 Å². The molecule has 1 aliphatic heterocycles. The van der Waals surface area contributed by atoms with Crippen molar-refractivity contribution >= 4 is 41.5 Å². The average molecular weight is 952 g/mol. The molecule has 1 saturated heterocycles. The molecule has 0 saturated carbocycles. The van der Waals surface area contributed by atoms with Gasteiger partial charge in [-0.25, -0.2) is 14.6 Å². The van der Waals surface area contributed by atoms with Crippen LogP contribution in [0.3, 0.4) is 0 Å². The number of pyridine rings is 1. The third kappa shape index (κ3) is 16.3. The minimum atomic E-state index is -0.915. The first kappa shape index (κ1) is 57.2. The van der Waals surface area contributed by atoms with Crippen molar-refractivity contribution in [1.29, 1.82) is 0 Å². The normalized spacial score (nSPS) is 17.6. The van der Waals surface area contributed by atoms with E-state index in [0.29, 0.717) is 38.2 Å². The second kappa shape index (κ2) is 26.6. The summed E-state index contributed by atoms with van der Waals surface area (Å²) in [4.78, 5) is 91.9. The van der Waals surface area contributed by atoms with Crippen molar-refractivity contribution < 1.29 is 47.7 Å². The van der Waals surface area contributed by atoms with E-state index in [1.165, 1.54) is 21.3 Å². The zero-order valence-electron chi connectivity index (χ0n) is 43.3. The first-order valence-electron chi connectivity index (χ1n) is 24.0. The lowest BCUT2D eigenvalue weighted by molar-refractivity contribution is -0.149. The molecule has 3 N–H and O–H groups in total. The number of aromatic nitrogens is 1. The van der Waals surface area contributed by atoms with E-state index in [9.17, 15) is 28.8 Å². The third-order valence-corrected chi connectivity index (χ3v) is 12.8. The minimum Gasteiger partial charge on any atom is -0.467 e. The van der Waals surface area contributed by atoms with Gasteiger partial charge in [0.25, 0.3) is 0 Å². The lowest BCUT2D eigenvalue weighted by Gasteiger charge is -2.41. The summed E-state index contributed by atoms with van der Waals surface area (Å²) in [6.07, 6.45) is 1.76. The summed E-state index contributed by atoms with van der Waals surface area (Å²) >= 11 is 0. The van der Waals surface area contributed by atoms with E-state index >= 15 is 0 Å². The van der Waals surface area contributed by atoms with Crippen LogP contribution in [0.4, 0.5) is 10.6 Å². The Labute approximate surface area is 405 Å². The Morgan fingerprint density at radius 1 is 0.868 bits per heavy atom. The van der Waals surface area contributed by atoms with Gasteiger partial charge < -0.3 is 39.4 Å². The summed E-state index contributed by atoms with van der Waals surface area (Å²) in [6, 6.07) is 9.49. The molecule has 0 aliphatic carbocycles. The maximum Gasteiger partial charge on any atom is 0.413 e. The van der Waals surface area contributed by atoms with Gasteiger partial charge >= 0.3 is 12.1 Å². The molecule has 1 aromatic heterocycles. The zero-order valence-corrected chi connectivity index (χ0v) is 43.3. The van der Waals surface area contributed by atoms with Gasteiger partial charge in [0.15, 0.2) is 0 Å². The summed E-state index contributed by atoms with van der Waals surface area (Å²) in [7, 11) is 7.88. The third-order valence-electron chi connectivity index (χ3n) is 12.8. The van der Waals surface area contributed by atoms with Crippen molar-refractivity contribution in [3.63, 3.8) is 0 Å². The second-order valence-corrected chi connectivity index (χ2v) is 19.9. The standard InChI is InChI=1S/C51H81N7O10/c1-16-33(6)44(39(65-13)29-41(59)58-26-20-23-38(58)45(66-14)34(7)46(60)53-37(49(63)67-15)27-35-21-18-17-19-22-35)57(12)48(62)42(31(2)3)55-47(61)43(32(4)5)56(11)30-36-24-25-52-40(28-36)54-50(64)68-51(8,9)10/h17-19,21-22,24-25,28,31-34,37-39,42-45H,16,20,23,26-27,29-30H2,1-15H3,(H,53,60)(H,55,61)(H,52,54,64)/t33-,34+,37-,38-,39+,42-,43-,44-,45+/m0/s1. The molecule has 5 amide bonds. The number of rotatable bonds is 24.